The lowest BCUT2D eigenvalue weighted by molar-refractivity contribution is -0.106. The maximum absolute atomic E-state index is 8.58. The van der Waals surface area contributed by atoms with Crippen LogP contribution in [0, 0.1) is 12.5 Å². The summed E-state index contributed by atoms with van der Waals surface area (Å²) in [6.45, 7) is 12.2. The molecule has 0 unspecified atom stereocenters. The third-order valence-corrected chi connectivity index (χ3v) is 7.25. The molecular weight excluding hydrogens is 603 g/mol. The molecule has 1 aliphatic carbocycles. The molecule has 0 saturated carbocycles. The van der Waals surface area contributed by atoms with Crippen LogP contribution in [-0.4, -0.2) is 17.2 Å². The topological polar surface area (TPSA) is 112 Å². The van der Waals surface area contributed by atoms with Crippen molar-refractivity contribution < 1.29 is 9.90 Å². The van der Waals surface area contributed by atoms with E-state index in [2.05, 4.69) is 145 Å². The van der Waals surface area contributed by atoms with Crippen LogP contribution in [-0.2, 0) is 24.3 Å². The van der Waals surface area contributed by atoms with Crippen LogP contribution in [0.4, 0.5) is 11.4 Å². The molecule has 47 heavy (non-hydrogen) atoms. The van der Waals surface area contributed by atoms with E-state index in [1.807, 2.05) is 13.8 Å². The molecule has 1 amide bonds. The minimum absolute atomic E-state index is 0.250. The van der Waals surface area contributed by atoms with Crippen LogP contribution in [0.3, 0.4) is 0 Å². The number of rotatable bonds is 13. The van der Waals surface area contributed by atoms with Gasteiger partial charge < -0.3 is 26.8 Å². The Morgan fingerprint density at radius 3 is 2.23 bits per heavy atom. The van der Waals surface area contributed by atoms with Crippen molar-refractivity contribution in [3.8, 4) is 12.5 Å². The summed E-state index contributed by atoms with van der Waals surface area (Å²) < 4.78 is 0. The average molecular weight is 654 g/mol. The number of benzene rings is 2. The van der Waals surface area contributed by atoms with Gasteiger partial charge in [-0.05, 0) is 78.3 Å². The van der Waals surface area contributed by atoms with Gasteiger partial charge in [0.05, 0.1) is 11.4 Å². The van der Waals surface area contributed by atoms with E-state index in [1.165, 1.54) is 22.1 Å². The highest BCUT2D eigenvalue weighted by molar-refractivity contribution is 7.09. The van der Waals surface area contributed by atoms with Gasteiger partial charge in [0, 0.05) is 29.3 Å². The summed E-state index contributed by atoms with van der Waals surface area (Å²) in [5.41, 5.74) is 11.9. The van der Waals surface area contributed by atoms with Gasteiger partial charge in [0.25, 0.3) is 0 Å². The first-order valence-corrected chi connectivity index (χ1v) is 16.9. The maximum Gasteiger partial charge on any atom is 0.204 e. The number of amides is 1. The number of carbonyl (C=O) groups excluding carboxylic acids is 1. The summed E-state index contributed by atoms with van der Waals surface area (Å²) in [7, 11) is 0. The van der Waals surface area contributed by atoms with Gasteiger partial charge in [0.15, 0.2) is 0 Å². The van der Waals surface area contributed by atoms with Gasteiger partial charge in [0.2, 0.25) is 6.41 Å². The lowest BCUT2D eigenvalue weighted by atomic mass is 10.0. The molecule has 3 aromatic rings. The molecule has 1 aromatic heterocycles. The van der Waals surface area contributed by atoms with E-state index in [4.69, 9.17) is 14.9 Å². The zero-order valence-electron chi connectivity index (χ0n) is 28.4. The average Bonchev–Trinajstić information content (AvgIpc) is 3.60. The SMILES string of the molecule is C#CO.CC.CCC\C=C1/C=CC=C/C1=N/C(Nc1cccc(CCC)c1)=C(\C)Nc1cccc(CNCc2cccs2)c1.NC=O. The van der Waals surface area contributed by atoms with Gasteiger partial charge >= 0.3 is 0 Å². The number of allylic oxidation sites excluding steroid dienone is 7. The summed E-state index contributed by atoms with van der Waals surface area (Å²) in [5.74, 6) is 0.808. The van der Waals surface area contributed by atoms with Crippen LogP contribution < -0.4 is 21.7 Å². The number of nitrogens with one attached hydrogen (secondary N) is 3. The first-order chi connectivity index (χ1) is 23.0. The van der Waals surface area contributed by atoms with Crippen molar-refractivity contribution in [2.24, 2.45) is 10.7 Å². The van der Waals surface area contributed by atoms with Crippen molar-refractivity contribution in [3.05, 3.63) is 130 Å². The second kappa shape index (κ2) is 25.4. The highest BCUT2D eigenvalue weighted by Crippen LogP contribution is 2.21. The number of nitrogens with zero attached hydrogens (tertiary/aromatic N) is 1. The van der Waals surface area contributed by atoms with Crippen LogP contribution in [0.1, 0.15) is 69.9 Å². The zero-order valence-corrected chi connectivity index (χ0v) is 29.2. The smallest absolute Gasteiger partial charge is 0.204 e. The number of anilines is 2. The summed E-state index contributed by atoms with van der Waals surface area (Å²) in [6, 6.07) is 21.5. The molecule has 6 N–H and O–H groups in total. The number of hydrogen-bond acceptors (Lipinski definition) is 7. The van der Waals surface area contributed by atoms with Gasteiger partial charge in [-0.3, -0.25) is 4.79 Å². The van der Waals surface area contributed by atoms with Crippen molar-refractivity contribution in [3.63, 3.8) is 0 Å². The van der Waals surface area contributed by atoms with E-state index >= 15 is 0 Å². The van der Waals surface area contributed by atoms with Crippen LogP contribution >= 0.6 is 11.3 Å². The fourth-order valence-electron chi connectivity index (χ4n) is 4.40. The second-order valence-electron chi connectivity index (χ2n) is 9.99. The number of primary amides is 1. The molecule has 7 nitrogen and oxygen atoms in total. The normalized spacial score (nSPS) is 13.4. The summed E-state index contributed by atoms with van der Waals surface area (Å²) in [5, 5.41) is 20.0. The van der Waals surface area contributed by atoms with E-state index < -0.39 is 0 Å². The number of unbranched alkanes of at least 4 members (excludes halogenated alkanes) is 1. The molecule has 0 aliphatic heterocycles. The van der Waals surface area contributed by atoms with Crippen LogP contribution in [0.15, 0.2) is 119 Å². The molecule has 1 heterocycles. The number of terminal acetylenes is 1. The number of thiophene rings is 1. The van der Waals surface area contributed by atoms with Crippen molar-refractivity contribution in [2.45, 2.75) is 73.4 Å². The number of hydrogen-bond donors (Lipinski definition) is 5. The minimum atomic E-state index is 0.250. The fourth-order valence-corrected chi connectivity index (χ4v) is 5.07. The predicted molar refractivity (Wildman–Crippen MR) is 203 cm³/mol. The Kier molecular flexibility index (Phi) is 21.7. The second-order valence-corrected chi connectivity index (χ2v) is 11.0. The van der Waals surface area contributed by atoms with E-state index in [0.29, 0.717) is 0 Å². The van der Waals surface area contributed by atoms with Crippen molar-refractivity contribution in [2.75, 3.05) is 10.6 Å². The number of aryl methyl sites for hydroxylation is 1. The molecule has 0 fully saturated rings. The molecular formula is C39H51N5O2S. The van der Waals surface area contributed by atoms with Crippen LogP contribution in [0.5, 0.6) is 0 Å². The molecule has 0 bridgehead atoms. The first-order valence-electron chi connectivity index (χ1n) is 16.0. The van der Waals surface area contributed by atoms with Gasteiger partial charge in [-0.1, -0.05) is 102 Å². The Morgan fingerprint density at radius 2 is 1.60 bits per heavy atom. The standard InChI is InChI=1S/C34H40N4S.C2H2O.C2H6.CH3NO/c1-4-6-15-29-16-7-8-20-33(29)38-34(37-31-18-9-13-27(22-31)12-5-2)26(3)36-30-17-10-14-28(23-30)24-35-25-32-19-11-21-39-32;1-2-3;1-2;2-1-3/h7-11,13-23,35-37H,4-6,12,24-25H2,1-3H3;1,3H;1-2H3;1H,(H2,2,3)/b29-15+,34-26+,38-33-;;;. The molecule has 8 heteroatoms. The van der Waals surface area contributed by atoms with E-state index in [9.17, 15) is 0 Å². The quantitative estimate of drug-likeness (QED) is 0.0934. The molecule has 1 aliphatic rings. The Morgan fingerprint density at radius 1 is 0.957 bits per heavy atom. The third kappa shape index (κ3) is 16.3. The Bertz CT molecular complexity index is 1510. The monoisotopic (exact) mass is 653 g/mol. The number of aliphatic hydroxyl groups excluding tert-OH is 1. The highest BCUT2D eigenvalue weighted by atomic mass is 32.1. The van der Waals surface area contributed by atoms with E-state index in [1.54, 1.807) is 11.3 Å². The molecule has 0 saturated heterocycles. The molecule has 2 aromatic carbocycles. The van der Waals surface area contributed by atoms with Crippen LogP contribution in [0.25, 0.3) is 0 Å². The van der Waals surface area contributed by atoms with E-state index in [-0.39, 0.29) is 6.41 Å². The Hall–Kier alpha value is -4.84. The summed E-state index contributed by atoms with van der Waals surface area (Å²) in [6.07, 6.45) is 20.6. The number of nitrogens with two attached hydrogens (primary N) is 1. The third-order valence-electron chi connectivity index (χ3n) is 6.37. The van der Waals surface area contributed by atoms with Crippen molar-refractivity contribution >= 4 is 34.8 Å². The Balaban J connectivity index is 0.00000126. The largest absolute Gasteiger partial charge is 0.462 e. The number of carbonyl (C=O) groups is 1. The van der Waals surface area contributed by atoms with E-state index in [0.717, 1.165) is 73.0 Å². The number of aliphatic hydroxyl groups is 1. The lowest BCUT2D eigenvalue weighted by Gasteiger charge is -2.16. The van der Waals surface area contributed by atoms with Crippen LogP contribution in [0.2, 0.25) is 0 Å². The molecule has 4 rings (SSSR count). The first kappa shape index (κ1) is 40.2. The molecule has 250 valence electrons. The molecule has 0 atom stereocenters. The molecule has 0 radical (unpaired) electrons. The lowest BCUT2D eigenvalue weighted by Crippen LogP contribution is -2.12. The predicted octanol–water partition coefficient (Wildman–Crippen LogP) is 9.07. The maximum atomic E-state index is 8.58. The Labute approximate surface area is 286 Å². The van der Waals surface area contributed by atoms with Gasteiger partial charge in [-0.15, -0.1) is 11.3 Å². The highest BCUT2D eigenvalue weighted by Gasteiger charge is 2.10. The zero-order chi connectivity index (χ0) is 34.7. The number of aliphatic imine (C=N–C) groups is 1. The minimum Gasteiger partial charge on any atom is -0.462 e. The molecule has 0 spiro atoms. The van der Waals surface area contributed by atoms with Gasteiger partial charge in [0.1, 0.15) is 11.9 Å². The summed E-state index contributed by atoms with van der Waals surface area (Å²) in [4.78, 5) is 15.1. The van der Waals surface area contributed by atoms with Crippen molar-refractivity contribution in [1.82, 2.24) is 5.32 Å². The summed E-state index contributed by atoms with van der Waals surface area (Å²) >= 11 is 1.78. The van der Waals surface area contributed by atoms with Gasteiger partial charge in [-0.2, -0.15) is 0 Å². The van der Waals surface area contributed by atoms with Crippen molar-refractivity contribution in [1.29, 1.82) is 0 Å². The fraction of sp³-hybridized carbons (Fsp3) is 0.282. The van der Waals surface area contributed by atoms with Gasteiger partial charge in [-0.25, -0.2) is 4.99 Å².